The van der Waals surface area contributed by atoms with Crippen molar-refractivity contribution in [3.8, 4) is 0 Å². The maximum atomic E-state index is 4.37. The predicted octanol–water partition coefficient (Wildman–Crippen LogP) is 3.03. The van der Waals surface area contributed by atoms with Gasteiger partial charge in [-0.15, -0.1) is 0 Å². The molecule has 0 spiro atoms. The second-order valence-corrected chi connectivity index (χ2v) is 7.36. The third-order valence-electron chi connectivity index (χ3n) is 5.02. The number of rotatable bonds is 5. The Kier molecular flexibility index (Phi) is 4.85. The number of aromatic amines is 1. The molecule has 5 nitrogen and oxygen atoms in total. The van der Waals surface area contributed by atoms with Crippen LogP contribution in [0, 0.1) is 12.8 Å². The SMILES string of the molecule is Cc1c(CN2CCCC(c3[nH]ncc3CC(C)C)C2)cnn1C. The van der Waals surface area contributed by atoms with Gasteiger partial charge in [-0.3, -0.25) is 14.7 Å². The van der Waals surface area contributed by atoms with Crippen molar-refractivity contribution in [2.75, 3.05) is 13.1 Å². The summed E-state index contributed by atoms with van der Waals surface area (Å²) in [6, 6.07) is 0. The van der Waals surface area contributed by atoms with Crippen molar-refractivity contribution in [1.82, 2.24) is 24.9 Å². The van der Waals surface area contributed by atoms with Crippen molar-refractivity contribution in [1.29, 1.82) is 0 Å². The third kappa shape index (κ3) is 3.66. The molecule has 0 bridgehead atoms. The molecule has 3 heterocycles. The minimum Gasteiger partial charge on any atom is -0.298 e. The van der Waals surface area contributed by atoms with Crippen LogP contribution in [0.5, 0.6) is 0 Å². The first kappa shape index (κ1) is 16.2. The molecular formula is C18H29N5. The molecule has 1 unspecified atom stereocenters. The van der Waals surface area contributed by atoms with Gasteiger partial charge in [-0.25, -0.2) is 0 Å². The smallest absolute Gasteiger partial charge is 0.0537 e. The van der Waals surface area contributed by atoms with Crippen LogP contribution in [0.4, 0.5) is 0 Å². The maximum Gasteiger partial charge on any atom is 0.0537 e. The van der Waals surface area contributed by atoms with Crippen molar-refractivity contribution < 1.29 is 0 Å². The molecule has 1 atom stereocenters. The molecule has 1 N–H and O–H groups in total. The zero-order valence-electron chi connectivity index (χ0n) is 14.8. The minimum absolute atomic E-state index is 0.581. The molecule has 0 saturated carbocycles. The number of nitrogens with one attached hydrogen (secondary N) is 1. The van der Waals surface area contributed by atoms with Gasteiger partial charge in [0.15, 0.2) is 0 Å². The lowest BCUT2D eigenvalue weighted by molar-refractivity contribution is 0.197. The van der Waals surface area contributed by atoms with Crippen LogP contribution in [0.15, 0.2) is 12.4 Å². The average Bonchev–Trinajstić information content (AvgIpc) is 3.09. The summed E-state index contributed by atoms with van der Waals surface area (Å²) < 4.78 is 1.96. The second-order valence-electron chi connectivity index (χ2n) is 7.36. The highest BCUT2D eigenvalue weighted by Crippen LogP contribution is 2.29. The van der Waals surface area contributed by atoms with Crippen LogP contribution in [0.2, 0.25) is 0 Å². The van der Waals surface area contributed by atoms with Crippen molar-refractivity contribution in [3.63, 3.8) is 0 Å². The summed E-state index contributed by atoms with van der Waals surface area (Å²) in [5.74, 6) is 1.25. The Morgan fingerprint density at radius 3 is 2.83 bits per heavy atom. The lowest BCUT2D eigenvalue weighted by Crippen LogP contribution is -2.34. The zero-order chi connectivity index (χ0) is 16.4. The van der Waals surface area contributed by atoms with Gasteiger partial charge in [-0.05, 0) is 44.2 Å². The summed E-state index contributed by atoms with van der Waals surface area (Å²) >= 11 is 0. The fourth-order valence-electron chi connectivity index (χ4n) is 3.65. The molecule has 2 aromatic heterocycles. The van der Waals surface area contributed by atoms with Crippen LogP contribution in [0.1, 0.15) is 55.1 Å². The van der Waals surface area contributed by atoms with Gasteiger partial charge in [-0.1, -0.05) is 13.8 Å². The van der Waals surface area contributed by atoms with Crippen LogP contribution in [-0.2, 0) is 20.0 Å². The van der Waals surface area contributed by atoms with Crippen LogP contribution < -0.4 is 0 Å². The molecule has 1 aliphatic rings. The van der Waals surface area contributed by atoms with E-state index in [4.69, 9.17) is 0 Å². The molecule has 126 valence electrons. The molecular weight excluding hydrogens is 286 g/mol. The highest BCUT2D eigenvalue weighted by Gasteiger charge is 2.25. The normalized spacial score (nSPS) is 19.6. The van der Waals surface area contributed by atoms with Crippen molar-refractivity contribution >= 4 is 0 Å². The van der Waals surface area contributed by atoms with Crippen LogP contribution in [-0.4, -0.2) is 38.0 Å². The number of likely N-dealkylation sites (tertiary alicyclic amines) is 1. The first-order valence-electron chi connectivity index (χ1n) is 8.76. The summed E-state index contributed by atoms with van der Waals surface area (Å²) in [4.78, 5) is 2.57. The topological polar surface area (TPSA) is 49.7 Å². The average molecular weight is 315 g/mol. The Labute approximate surface area is 139 Å². The molecule has 1 saturated heterocycles. The van der Waals surface area contributed by atoms with Gasteiger partial charge in [0, 0.05) is 43.0 Å². The molecule has 0 radical (unpaired) electrons. The summed E-state index contributed by atoms with van der Waals surface area (Å²) in [6.07, 6.45) is 7.67. The number of piperidine rings is 1. The van der Waals surface area contributed by atoms with Gasteiger partial charge >= 0.3 is 0 Å². The molecule has 1 aliphatic heterocycles. The highest BCUT2D eigenvalue weighted by atomic mass is 15.3. The fraction of sp³-hybridized carbons (Fsp3) is 0.667. The molecule has 2 aromatic rings. The fourth-order valence-corrected chi connectivity index (χ4v) is 3.65. The Bertz CT molecular complexity index is 640. The standard InChI is InChI=1S/C18H29N5/c1-13(2)8-16-9-19-21-18(16)15-6-5-7-23(11-15)12-17-10-20-22(4)14(17)3/h9-10,13,15H,5-8,11-12H2,1-4H3,(H,19,21). The maximum absolute atomic E-state index is 4.37. The van der Waals surface area contributed by atoms with Crippen LogP contribution in [0.3, 0.4) is 0 Å². The number of H-pyrrole nitrogens is 1. The Hall–Kier alpha value is -1.62. The number of hydrogen-bond donors (Lipinski definition) is 1. The first-order chi connectivity index (χ1) is 11.0. The van der Waals surface area contributed by atoms with E-state index in [1.54, 1.807) is 0 Å². The van der Waals surface area contributed by atoms with E-state index < -0.39 is 0 Å². The number of hydrogen-bond acceptors (Lipinski definition) is 3. The molecule has 1 fully saturated rings. The van der Waals surface area contributed by atoms with Crippen molar-refractivity contribution in [3.05, 3.63) is 34.9 Å². The lowest BCUT2D eigenvalue weighted by atomic mass is 9.90. The van der Waals surface area contributed by atoms with Crippen molar-refractivity contribution in [2.45, 2.75) is 52.5 Å². The largest absolute Gasteiger partial charge is 0.298 e. The summed E-state index contributed by atoms with van der Waals surface area (Å²) in [7, 11) is 2.01. The van der Waals surface area contributed by atoms with E-state index in [1.807, 2.05) is 24.1 Å². The second kappa shape index (κ2) is 6.87. The summed E-state index contributed by atoms with van der Waals surface area (Å²) in [5, 5.41) is 12.0. The Morgan fingerprint density at radius 2 is 2.13 bits per heavy atom. The van der Waals surface area contributed by atoms with E-state index >= 15 is 0 Å². The van der Waals surface area contributed by atoms with Crippen LogP contribution >= 0.6 is 0 Å². The van der Waals surface area contributed by atoms with Crippen molar-refractivity contribution in [2.24, 2.45) is 13.0 Å². The van der Waals surface area contributed by atoms with E-state index in [1.165, 1.54) is 41.9 Å². The molecule has 23 heavy (non-hydrogen) atoms. The highest BCUT2D eigenvalue weighted by molar-refractivity contribution is 5.22. The lowest BCUT2D eigenvalue weighted by Gasteiger charge is -2.32. The first-order valence-corrected chi connectivity index (χ1v) is 8.76. The van der Waals surface area contributed by atoms with Crippen LogP contribution in [0.25, 0.3) is 0 Å². The Morgan fingerprint density at radius 1 is 1.30 bits per heavy atom. The minimum atomic E-state index is 0.581. The Balaban J connectivity index is 1.69. The van der Waals surface area contributed by atoms with Gasteiger partial charge in [0.25, 0.3) is 0 Å². The molecule has 5 heteroatoms. The number of nitrogens with zero attached hydrogens (tertiary/aromatic N) is 4. The third-order valence-corrected chi connectivity index (χ3v) is 5.02. The quantitative estimate of drug-likeness (QED) is 0.922. The van der Waals surface area contributed by atoms with Gasteiger partial charge in [-0.2, -0.15) is 10.2 Å². The summed E-state index contributed by atoms with van der Waals surface area (Å²) in [5.41, 5.74) is 5.39. The van der Waals surface area contributed by atoms with E-state index in [0.29, 0.717) is 11.8 Å². The predicted molar refractivity (Wildman–Crippen MR) is 92.3 cm³/mol. The van der Waals surface area contributed by atoms with E-state index in [9.17, 15) is 0 Å². The summed E-state index contributed by atoms with van der Waals surface area (Å²) in [6.45, 7) is 9.99. The van der Waals surface area contributed by atoms with Gasteiger partial charge in [0.05, 0.1) is 12.4 Å². The van der Waals surface area contributed by atoms with Gasteiger partial charge < -0.3 is 0 Å². The molecule has 3 rings (SSSR count). The van der Waals surface area contributed by atoms with E-state index in [2.05, 4.69) is 41.0 Å². The molecule has 0 aliphatic carbocycles. The number of aromatic nitrogens is 4. The van der Waals surface area contributed by atoms with Gasteiger partial charge in [0.2, 0.25) is 0 Å². The molecule has 0 amide bonds. The van der Waals surface area contributed by atoms with E-state index in [0.717, 1.165) is 19.5 Å². The zero-order valence-corrected chi connectivity index (χ0v) is 14.8. The molecule has 0 aromatic carbocycles. The number of aryl methyl sites for hydroxylation is 1. The van der Waals surface area contributed by atoms with E-state index in [-0.39, 0.29) is 0 Å². The van der Waals surface area contributed by atoms with Gasteiger partial charge in [0.1, 0.15) is 0 Å². The monoisotopic (exact) mass is 315 g/mol.